The number of aryl methyl sites for hydroxylation is 4. The van der Waals surface area contributed by atoms with Gasteiger partial charge in [-0.15, -0.1) is 0 Å². The Morgan fingerprint density at radius 2 is 0.789 bits per heavy atom. The van der Waals surface area contributed by atoms with Crippen molar-refractivity contribution >= 4 is 11.9 Å². The summed E-state index contributed by atoms with van der Waals surface area (Å²) in [5.74, 6) is -1.32. The molecule has 0 aliphatic heterocycles. The van der Waals surface area contributed by atoms with Crippen LogP contribution in [0.2, 0.25) is 0 Å². The van der Waals surface area contributed by atoms with Crippen molar-refractivity contribution in [3.63, 3.8) is 0 Å². The highest BCUT2D eigenvalue weighted by Crippen LogP contribution is 2.56. The van der Waals surface area contributed by atoms with Gasteiger partial charge in [-0.05, 0) is 96.5 Å². The molecule has 4 aromatic carbocycles. The van der Waals surface area contributed by atoms with Gasteiger partial charge in [-0.1, -0.05) is 60.7 Å². The summed E-state index contributed by atoms with van der Waals surface area (Å²) in [6.45, 7) is 8.43. The molecule has 2 unspecified atom stereocenters. The highest BCUT2D eigenvalue weighted by atomic mass is 16.6. The zero-order chi connectivity index (χ0) is 26.6. The number of hydrogen-bond donors (Lipinski definition) is 0. The maximum absolute atomic E-state index is 13.4. The summed E-state index contributed by atoms with van der Waals surface area (Å²) in [5.41, 5.74) is 10.3. The highest BCUT2D eigenvalue weighted by Gasteiger charge is 2.54. The summed E-state index contributed by atoms with van der Waals surface area (Å²) in [4.78, 5) is 26.8. The monoisotopic (exact) mass is 502 g/mol. The second-order valence-electron chi connectivity index (χ2n) is 10.6. The molecule has 0 radical (unpaired) electrons. The summed E-state index contributed by atoms with van der Waals surface area (Å²) in [6, 6.07) is 26.9. The van der Waals surface area contributed by atoms with E-state index < -0.39 is 24.1 Å². The van der Waals surface area contributed by atoms with E-state index in [1.165, 1.54) is 22.3 Å². The molecule has 4 heteroatoms. The SMILES string of the molecule is Cc1cc2c(cc1C)[C@H]1c3cc(C)c(C)cc3[C@H]2C(OC(=O)c2ccccc2)C1OC(=O)c1ccccc1. The Kier molecular flexibility index (Phi) is 5.91. The number of fused-ring (bicyclic) bond motifs is 1. The van der Waals surface area contributed by atoms with Crippen molar-refractivity contribution in [2.75, 3.05) is 0 Å². The molecule has 0 saturated carbocycles. The second-order valence-corrected chi connectivity index (χ2v) is 10.6. The van der Waals surface area contributed by atoms with Gasteiger partial charge in [0.15, 0.2) is 12.2 Å². The number of carbonyl (C=O) groups is 2. The van der Waals surface area contributed by atoms with Crippen LogP contribution in [0.15, 0.2) is 84.9 Å². The van der Waals surface area contributed by atoms with Crippen molar-refractivity contribution in [2.45, 2.75) is 51.7 Å². The van der Waals surface area contributed by atoms with Gasteiger partial charge in [-0.25, -0.2) is 9.59 Å². The third-order valence-electron chi connectivity index (χ3n) is 8.23. The average Bonchev–Trinajstić information content (AvgIpc) is 2.92. The van der Waals surface area contributed by atoms with Crippen LogP contribution in [0.5, 0.6) is 0 Å². The fraction of sp³-hybridized carbons (Fsp3) is 0.235. The number of benzene rings is 4. The van der Waals surface area contributed by atoms with Crippen LogP contribution in [0.1, 0.15) is 77.1 Å². The smallest absolute Gasteiger partial charge is 0.338 e. The Balaban J connectivity index is 1.52. The van der Waals surface area contributed by atoms with Crippen LogP contribution in [-0.4, -0.2) is 24.1 Å². The van der Waals surface area contributed by atoms with E-state index in [0.29, 0.717) is 11.1 Å². The first kappa shape index (κ1) is 24.2. The van der Waals surface area contributed by atoms with Gasteiger partial charge in [0.25, 0.3) is 0 Å². The average molecular weight is 503 g/mol. The lowest BCUT2D eigenvalue weighted by Crippen LogP contribution is -2.51. The van der Waals surface area contributed by atoms with Crippen LogP contribution in [0, 0.1) is 27.7 Å². The van der Waals surface area contributed by atoms with E-state index in [1.54, 1.807) is 24.3 Å². The van der Waals surface area contributed by atoms with Crippen molar-refractivity contribution in [1.29, 1.82) is 0 Å². The first-order valence-corrected chi connectivity index (χ1v) is 13.1. The zero-order valence-corrected chi connectivity index (χ0v) is 22.0. The maximum Gasteiger partial charge on any atom is 0.338 e. The largest absolute Gasteiger partial charge is 0.454 e. The molecule has 38 heavy (non-hydrogen) atoms. The minimum Gasteiger partial charge on any atom is -0.454 e. The van der Waals surface area contributed by atoms with Crippen molar-refractivity contribution in [2.24, 2.45) is 0 Å². The van der Waals surface area contributed by atoms with E-state index in [9.17, 15) is 9.59 Å². The van der Waals surface area contributed by atoms with Gasteiger partial charge >= 0.3 is 11.9 Å². The fourth-order valence-corrected chi connectivity index (χ4v) is 6.02. The topological polar surface area (TPSA) is 52.6 Å². The number of ether oxygens (including phenoxy) is 2. The van der Waals surface area contributed by atoms with Crippen molar-refractivity contribution in [3.05, 3.63) is 141 Å². The van der Waals surface area contributed by atoms with E-state index in [4.69, 9.17) is 9.47 Å². The summed E-state index contributed by atoms with van der Waals surface area (Å²) in [6.07, 6.45) is -1.32. The summed E-state index contributed by atoms with van der Waals surface area (Å²) < 4.78 is 12.6. The van der Waals surface area contributed by atoms with Crippen LogP contribution >= 0.6 is 0 Å². The Morgan fingerprint density at radius 1 is 0.500 bits per heavy atom. The molecule has 4 aromatic rings. The Labute approximate surface area is 223 Å². The molecule has 7 rings (SSSR count). The summed E-state index contributed by atoms with van der Waals surface area (Å²) in [7, 11) is 0. The quantitative estimate of drug-likeness (QED) is 0.283. The lowest BCUT2D eigenvalue weighted by Gasteiger charge is -2.49. The van der Waals surface area contributed by atoms with Gasteiger partial charge < -0.3 is 9.47 Å². The van der Waals surface area contributed by atoms with E-state index in [1.807, 2.05) is 36.4 Å². The van der Waals surface area contributed by atoms with E-state index in [-0.39, 0.29) is 11.8 Å². The van der Waals surface area contributed by atoms with Crippen LogP contribution < -0.4 is 0 Å². The molecule has 0 amide bonds. The minimum absolute atomic E-state index is 0.246. The molecule has 4 nitrogen and oxygen atoms in total. The predicted octanol–water partition coefficient (Wildman–Crippen LogP) is 6.96. The fourth-order valence-electron chi connectivity index (χ4n) is 6.02. The number of rotatable bonds is 4. The Hall–Kier alpha value is -4.18. The van der Waals surface area contributed by atoms with Crippen molar-refractivity contribution in [1.82, 2.24) is 0 Å². The van der Waals surface area contributed by atoms with Gasteiger partial charge in [0, 0.05) is 0 Å². The second kappa shape index (κ2) is 9.29. The van der Waals surface area contributed by atoms with E-state index >= 15 is 0 Å². The van der Waals surface area contributed by atoms with Crippen LogP contribution in [0.3, 0.4) is 0 Å². The van der Waals surface area contributed by atoms with Crippen LogP contribution in [-0.2, 0) is 9.47 Å². The molecule has 190 valence electrons. The molecule has 3 aliphatic carbocycles. The molecule has 2 atom stereocenters. The summed E-state index contributed by atoms with van der Waals surface area (Å²) in [5, 5.41) is 0. The first-order chi connectivity index (χ1) is 18.3. The molecule has 0 heterocycles. The highest BCUT2D eigenvalue weighted by molar-refractivity contribution is 5.91. The molecule has 0 saturated heterocycles. The standard InChI is InChI=1S/C34H30O4/c1-19-15-25-26(16-20(19)2)30-28-18-22(4)21(3)17-27(28)29(25)31(37-33(35)23-11-7-5-8-12-23)32(30)38-34(36)24-13-9-6-10-14-24/h5-18,29-32H,1-4H3/t29-,30-,31?,32?. The molecule has 0 aromatic heterocycles. The maximum atomic E-state index is 13.4. The molecule has 0 spiro atoms. The zero-order valence-electron chi connectivity index (χ0n) is 22.0. The molecular formula is C34H30O4. The number of hydrogen-bond acceptors (Lipinski definition) is 4. The van der Waals surface area contributed by atoms with Gasteiger partial charge in [-0.2, -0.15) is 0 Å². The normalized spacial score (nSPS) is 20.8. The van der Waals surface area contributed by atoms with Gasteiger partial charge in [0.2, 0.25) is 0 Å². The molecule has 0 fully saturated rings. The van der Waals surface area contributed by atoms with E-state index in [0.717, 1.165) is 22.3 Å². The molecule has 0 N–H and O–H groups in total. The Bertz CT molecular complexity index is 1380. The number of carbonyl (C=O) groups excluding carboxylic acids is 2. The van der Waals surface area contributed by atoms with Crippen molar-refractivity contribution < 1.29 is 19.1 Å². The van der Waals surface area contributed by atoms with Gasteiger partial charge in [0.05, 0.1) is 23.0 Å². The predicted molar refractivity (Wildman–Crippen MR) is 147 cm³/mol. The van der Waals surface area contributed by atoms with Gasteiger partial charge in [-0.3, -0.25) is 0 Å². The minimum atomic E-state index is -0.662. The van der Waals surface area contributed by atoms with Crippen LogP contribution in [0.25, 0.3) is 0 Å². The first-order valence-electron chi connectivity index (χ1n) is 13.1. The number of esters is 2. The van der Waals surface area contributed by atoms with Gasteiger partial charge in [0.1, 0.15) is 0 Å². The third-order valence-corrected chi connectivity index (χ3v) is 8.23. The summed E-state index contributed by atoms with van der Waals surface area (Å²) >= 11 is 0. The lowest BCUT2D eigenvalue weighted by molar-refractivity contribution is -0.0557. The molecular weight excluding hydrogens is 472 g/mol. The third kappa shape index (κ3) is 3.92. The molecule has 2 bridgehead atoms. The van der Waals surface area contributed by atoms with Crippen LogP contribution in [0.4, 0.5) is 0 Å². The van der Waals surface area contributed by atoms with E-state index in [2.05, 4.69) is 52.0 Å². The lowest BCUT2D eigenvalue weighted by atomic mass is 9.60. The van der Waals surface area contributed by atoms with Crippen molar-refractivity contribution in [3.8, 4) is 0 Å². The Morgan fingerprint density at radius 3 is 1.08 bits per heavy atom. The molecule has 3 aliphatic rings.